The Balaban J connectivity index is 5.13. The van der Waals surface area contributed by atoms with E-state index in [9.17, 15) is 0 Å². The largest absolute Gasteiger partial charge is 0.0710 e. The van der Waals surface area contributed by atoms with Crippen molar-refractivity contribution in [2.24, 2.45) is 16.7 Å². The zero-order chi connectivity index (χ0) is 15.3. The summed E-state index contributed by atoms with van der Waals surface area (Å²) in [6.07, 6.45) is 6.40. The van der Waals surface area contributed by atoms with Crippen LogP contribution in [0.2, 0.25) is 0 Å². The molecule has 0 saturated carbocycles. The molecule has 0 heteroatoms. The minimum Gasteiger partial charge on any atom is -0.0710 e. The number of allylic oxidation sites excluding steroid dienone is 2. The zero-order valence-corrected chi connectivity index (χ0v) is 15.1. The molecule has 0 rings (SSSR count). The Morgan fingerprint density at radius 1 is 0.842 bits per heavy atom. The first-order valence-corrected chi connectivity index (χ1v) is 8.37. The van der Waals surface area contributed by atoms with Gasteiger partial charge in [0.25, 0.3) is 0 Å². The molecule has 0 heterocycles. The van der Waals surface area contributed by atoms with Gasteiger partial charge in [0.15, 0.2) is 0 Å². The van der Waals surface area contributed by atoms with Gasteiger partial charge in [-0.15, -0.1) is 0 Å². The summed E-state index contributed by atoms with van der Waals surface area (Å²) in [6.45, 7) is 21.4. The topological polar surface area (TPSA) is 0 Å². The lowest BCUT2D eigenvalue weighted by Crippen LogP contribution is -2.22. The normalized spacial score (nSPS) is 16.3. The van der Waals surface area contributed by atoms with Crippen LogP contribution in [0.15, 0.2) is 11.1 Å². The first kappa shape index (κ1) is 18.7. The molecule has 114 valence electrons. The van der Waals surface area contributed by atoms with E-state index in [2.05, 4.69) is 62.3 Å². The molecule has 0 amide bonds. The van der Waals surface area contributed by atoms with Gasteiger partial charge < -0.3 is 0 Å². The van der Waals surface area contributed by atoms with E-state index in [0.29, 0.717) is 16.7 Å². The average molecular weight is 267 g/mol. The maximum absolute atomic E-state index is 2.45. The molecule has 0 nitrogen and oxygen atoms in total. The van der Waals surface area contributed by atoms with Crippen molar-refractivity contribution >= 4 is 0 Å². The summed E-state index contributed by atoms with van der Waals surface area (Å²) in [5.41, 5.74) is 4.18. The van der Waals surface area contributed by atoms with E-state index in [1.54, 1.807) is 11.1 Å². The van der Waals surface area contributed by atoms with Gasteiger partial charge in [0, 0.05) is 0 Å². The fourth-order valence-corrected chi connectivity index (χ4v) is 3.06. The third kappa shape index (κ3) is 4.65. The van der Waals surface area contributed by atoms with Crippen LogP contribution in [-0.2, 0) is 0 Å². The molecule has 0 radical (unpaired) electrons. The van der Waals surface area contributed by atoms with Gasteiger partial charge in [-0.05, 0) is 49.9 Å². The smallest absolute Gasteiger partial charge is 0.0122 e. The highest BCUT2D eigenvalue weighted by Gasteiger charge is 2.28. The molecule has 0 aromatic rings. The van der Waals surface area contributed by atoms with Gasteiger partial charge in [-0.3, -0.25) is 0 Å². The van der Waals surface area contributed by atoms with E-state index in [-0.39, 0.29) is 0 Å². The summed E-state index contributed by atoms with van der Waals surface area (Å²) >= 11 is 0. The second-order valence-corrected chi connectivity index (χ2v) is 7.20. The van der Waals surface area contributed by atoms with Crippen molar-refractivity contribution in [3.05, 3.63) is 11.1 Å². The Labute approximate surface area is 123 Å². The van der Waals surface area contributed by atoms with Crippen LogP contribution in [-0.4, -0.2) is 0 Å². The van der Waals surface area contributed by atoms with Crippen molar-refractivity contribution in [2.45, 2.75) is 94.4 Å². The maximum Gasteiger partial charge on any atom is -0.0122 e. The highest BCUT2D eigenvalue weighted by molar-refractivity contribution is 5.20. The van der Waals surface area contributed by atoms with Crippen LogP contribution < -0.4 is 0 Å². The molecule has 19 heavy (non-hydrogen) atoms. The fourth-order valence-electron chi connectivity index (χ4n) is 3.06. The SMILES string of the molecule is CCC(C)(CC)CC(C)C(C)=C(C)C(C)(CC)CC. The van der Waals surface area contributed by atoms with E-state index in [4.69, 9.17) is 0 Å². The molecular weight excluding hydrogens is 228 g/mol. The first-order valence-electron chi connectivity index (χ1n) is 8.37. The minimum atomic E-state index is 0.396. The zero-order valence-electron chi connectivity index (χ0n) is 15.1. The molecule has 0 aliphatic rings. The van der Waals surface area contributed by atoms with Gasteiger partial charge in [-0.25, -0.2) is 0 Å². The molecule has 0 bridgehead atoms. The Morgan fingerprint density at radius 2 is 1.26 bits per heavy atom. The molecule has 0 aromatic heterocycles. The van der Waals surface area contributed by atoms with Gasteiger partial charge in [0.2, 0.25) is 0 Å². The van der Waals surface area contributed by atoms with Crippen LogP contribution in [0.25, 0.3) is 0 Å². The van der Waals surface area contributed by atoms with E-state index < -0.39 is 0 Å². The van der Waals surface area contributed by atoms with E-state index in [1.165, 1.54) is 32.1 Å². The van der Waals surface area contributed by atoms with Crippen LogP contribution in [0.4, 0.5) is 0 Å². The summed E-state index contributed by atoms with van der Waals surface area (Å²) in [5, 5.41) is 0. The molecule has 0 aliphatic heterocycles. The number of hydrogen-bond acceptors (Lipinski definition) is 0. The predicted octanol–water partition coefficient (Wildman–Crippen LogP) is 7.00. The Kier molecular flexibility index (Phi) is 7.40. The molecule has 0 N–H and O–H groups in total. The monoisotopic (exact) mass is 266 g/mol. The third-order valence-corrected chi connectivity index (χ3v) is 6.30. The van der Waals surface area contributed by atoms with Gasteiger partial charge in [-0.2, -0.15) is 0 Å². The second kappa shape index (κ2) is 7.50. The molecule has 0 spiro atoms. The van der Waals surface area contributed by atoms with Crippen molar-refractivity contribution in [2.75, 3.05) is 0 Å². The molecular formula is C19H38. The first-order chi connectivity index (χ1) is 8.69. The lowest BCUT2D eigenvalue weighted by Gasteiger charge is -2.35. The van der Waals surface area contributed by atoms with Crippen molar-refractivity contribution in [1.29, 1.82) is 0 Å². The van der Waals surface area contributed by atoms with Crippen molar-refractivity contribution < 1.29 is 0 Å². The van der Waals surface area contributed by atoms with Gasteiger partial charge in [0.1, 0.15) is 0 Å². The highest BCUT2D eigenvalue weighted by atomic mass is 14.3. The lowest BCUT2D eigenvalue weighted by molar-refractivity contribution is 0.239. The predicted molar refractivity (Wildman–Crippen MR) is 89.5 cm³/mol. The fraction of sp³-hybridized carbons (Fsp3) is 0.895. The standard InChI is InChI=1S/C19H38/c1-10-18(8,11-2)14-15(5)16(6)17(7)19(9,12-3)13-4/h15H,10-14H2,1-9H3. The summed E-state index contributed by atoms with van der Waals surface area (Å²) in [6, 6.07) is 0. The average Bonchev–Trinajstić information content (AvgIpc) is 2.44. The number of rotatable bonds is 8. The third-order valence-electron chi connectivity index (χ3n) is 6.30. The second-order valence-electron chi connectivity index (χ2n) is 7.20. The van der Waals surface area contributed by atoms with Crippen LogP contribution in [0.1, 0.15) is 94.4 Å². The Hall–Kier alpha value is -0.260. The summed E-state index contributed by atoms with van der Waals surface area (Å²) < 4.78 is 0. The quantitative estimate of drug-likeness (QED) is 0.415. The summed E-state index contributed by atoms with van der Waals surface area (Å²) in [4.78, 5) is 0. The maximum atomic E-state index is 2.45. The minimum absolute atomic E-state index is 0.396. The van der Waals surface area contributed by atoms with Crippen molar-refractivity contribution in [3.63, 3.8) is 0 Å². The molecule has 0 aliphatic carbocycles. The van der Waals surface area contributed by atoms with Crippen LogP contribution in [0.5, 0.6) is 0 Å². The van der Waals surface area contributed by atoms with Crippen molar-refractivity contribution in [3.8, 4) is 0 Å². The Morgan fingerprint density at radius 3 is 1.58 bits per heavy atom. The summed E-state index contributed by atoms with van der Waals surface area (Å²) in [7, 11) is 0. The Bertz CT molecular complexity index is 287. The molecule has 1 atom stereocenters. The molecule has 1 unspecified atom stereocenters. The number of hydrogen-bond donors (Lipinski definition) is 0. The van der Waals surface area contributed by atoms with Crippen LogP contribution in [0, 0.1) is 16.7 Å². The van der Waals surface area contributed by atoms with Gasteiger partial charge >= 0.3 is 0 Å². The van der Waals surface area contributed by atoms with Crippen molar-refractivity contribution in [1.82, 2.24) is 0 Å². The van der Waals surface area contributed by atoms with Crippen LogP contribution >= 0.6 is 0 Å². The van der Waals surface area contributed by atoms with Crippen LogP contribution in [0.3, 0.4) is 0 Å². The lowest BCUT2D eigenvalue weighted by atomic mass is 9.71. The highest BCUT2D eigenvalue weighted by Crippen LogP contribution is 2.41. The van der Waals surface area contributed by atoms with Gasteiger partial charge in [0.05, 0.1) is 0 Å². The molecule has 0 saturated heterocycles. The van der Waals surface area contributed by atoms with Gasteiger partial charge in [-0.1, -0.05) is 72.5 Å². The molecule has 0 fully saturated rings. The molecule has 0 aromatic carbocycles. The van der Waals surface area contributed by atoms with E-state index in [1.807, 2.05) is 0 Å². The van der Waals surface area contributed by atoms with E-state index >= 15 is 0 Å². The van der Waals surface area contributed by atoms with E-state index in [0.717, 1.165) is 0 Å². The summed E-state index contributed by atoms with van der Waals surface area (Å²) in [5.74, 6) is 0.710.